The SMILES string of the molecule is O=C(/C=C/c1ccc(OCc2ccccn2)cc1)CC(=O)/C=C/c1ccc2[nH]ccc2c1. The summed E-state index contributed by atoms with van der Waals surface area (Å²) in [4.78, 5) is 31.6. The number of carbonyl (C=O) groups is 2. The number of nitrogens with one attached hydrogen (secondary N) is 1. The van der Waals surface area contributed by atoms with Crippen LogP contribution in [0.2, 0.25) is 0 Å². The molecule has 1 N–H and O–H groups in total. The van der Waals surface area contributed by atoms with Crippen molar-refractivity contribution in [1.29, 1.82) is 0 Å². The maximum atomic E-state index is 12.1. The predicted octanol–water partition coefficient (Wildman–Crippen LogP) is 5.40. The number of benzene rings is 2. The molecule has 0 aliphatic carbocycles. The van der Waals surface area contributed by atoms with E-state index in [1.165, 1.54) is 12.2 Å². The molecule has 0 spiro atoms. The number of nitrogens with zero attached hydrogens (tertiary/aromatic N) is 1. The number of hydrogen-bond acceptors (Lipinski definition) is 4. The topological polar surface area (TPSA) is 72.0 Å². The number of carbonyl (C=O) groups excluding carboxylic acids is 2. The minimum absolute atomic E-state index is 0.162. The van der Waals surface area contributed by atoms with Crippen LogP contribution >= 0.6 is 0 Å². The minimum atomic E-state index is -0.240. The van der Waals surface area contributed by atoms with Gasteiger partial charge in [0.25, 0.3) is 0 Å². The molecule has 0 saturated heterocycles. The Labute approximate surface area is 186 Å². The van der Waals surface area contributed by atoms with Gasteiger partial charge in [0.15, 0.2) is 11.6 Å². The Morgan fingerprint density at radius 1 is 0.875 bits per heavy atom. The molecule has 0 radical (unpaired) electrons. The van der Waals surface area contributed by atoms with Crippen LogP contribution in [-0.2, 0) is 16.2 Å². The van der Waals surface area contributed by atoms with E-state index in [1.54, 1.807) is 18.3 Å². The van der Waals surface area contributed by atoms with E-state index >= 15 is 0 Å². The molecule has 32 heavy (non-hydrogen) atoms. The summed E-state index contributed by atoms with van der Waals surface area (Å²) in [5.41, 5.74) is 3.66. The summed E-state index contributed by atoms with van der Waals surface area (Å²) in [6, 6.07) is 20.9. The Kier molecular flexibility index (Phi) is 6.68. The van der Waals surface area contributed by atoms with Crippen molar-refractivity contribution in [3.63, 3.8) is 0 Å². The van der Waals surface area contributed by atoms with Crippen LogP contribution in [0.4, 0.5) is 0 Å². The highest BCUT2D eigenvalue weighted by atomic mass is 16.5. The highest BCUT2D eigenvalue weighted by Crippen LogP contribution is 2.16. The Bertz CT molecular complexity index is 1270. The summed E-state index contributed by atoms with van der Waals surface area (Å²) in [6.45, 7) is 0.392. The van der Waals surface area contributed by atoms with E-state index in [0.717, 1.165) is 33.5 Å². The van der Waals surface area contributed by atoms with Gasteiger partial charge in [-0.05, 0) is 71.1 Å². The lowest BCUT2D eigenvalue weighted by molar-refractivity contribution is -0.121. The Morgan fingerprint density at radius 3 is 2.38 bits per heavy atom. The summed E-state index contributed by atoms with van der Waals surface area (Å²) in [5, 5.41) is 1.08. The van der Waals surface area contributed by atoms with Gasteiger partial charge in [0.05, 0.1) is 12.1 Å². The molecule has 0 amide bonds. The summed E-state index contributed by atoms with van der Waals surface area (Å²) >= 11 is 0. The van der Waals surface area contributed by atoms with Crippen LogP contribution in [0.3, 0.4) is 0 Å². The van der Waals surface area contributed by atoms with E-state index in [4.69, 9.17) is 4.74 Å². The zero-order valence-corrected chi connectivity index (χ0v) is 17.4. The Balaban J connectivity index is 1.26. The molecule has 0 atom stereocenters. The second-order valence-corrected chi connectivity index (χ2v) is 7.28. The van der Waals surface area contributed by atoms with Crippen molar-refractivity contribution in [2.45, 2.75) is 13.0 Å². The van der Waals surface area contributed by atoms with Crippen molar-refractivity contribution in [3.8, 4) is 5.75 Å². The molecule has 4 rings (SSSR count). The molecule has 0 aliphatic heterocycles. The fourth-order valence-electron chi connectivity index (χ4n) is 3.16. The molecule has 0 aliphatic rings. The lowest BCUT2D eigenvalue weighted by Crippen LogP contribution is -2.01. The highest BCUT2D eigenvalue weighted by molar-refractivity contribution is 6.11. The van der Waals surface area contributed by atoms with Crippen molar-refractivity contribution < 1.29 is 14.3 Å². The molecule has 0 unspecified atom stereocenters. The molecule has 2 aromatic heterocycles. The third-order valence-electron chi connectivity index (χ3n) is 4.84. The smallest absolute Gasteiger partial charge is 0.163 e. The van der Waals surface area contributed by atoms with E-state index < -0.39 is 0 Å². The maximum Gasteiger partial charge on any atom is 0.163 e. The Hall–Kier alpha value is -4.25. The van der Waals surface area contributed by atoms with Gasteiger partial charge in [-0.25, -0.2) is 0 Å². The molecular formula is C27H22N2O3. The number of fused-ring (bicyclic) bond motifs is 1. The van der Waals surface area contributed by atoms with Gasteiger partial charge in [0.2, 0.25) is 0 Å². The van der Waals surface area contributed by atoms with Crippen molar-refractivity contribution in [2.75, 3.05) is 0 Å². The molecule has 158 valence electrons. The fraction of sp³-hybridized carbons (Fsp3) is 0.0741. The normalized spacial score (nSPS) is 11.4. The van der Waals surface area contributed by atoms with E-state index in [-0.39, 0.29) is 18.0 Å². The number of aromatic amines is 1. The number of rotatable bonds is 9. The highest BCUT2D eigenvalue weighted by Gasteiger charge is 2.04. The molecule has 0 bridgehead atoms. The van der Waals surface area contributed by atoms with Gasteiger partial charge >= 0.3 is 0 Å². The third kappa shape index (κ3) is 5.89. The zero-order chi connectivity index (χ0) is 22.2. The summed E-state index contributed by atoms with van der Waals surface area (Å²) in [5.74, 6) is 0.251. The fourth-order valence-corrected chi connectivity index (χ4v) is 3.16. The summed E-state index contributed by atoms with van der Waals surface area (Å²) in [7, 11) is 0. The average Bonchev–Trinajstić information content (AvgIpc) is 3.29. The number of allylic oxidation sites excluding steroid dienone is 2. The van der Waals surface area contributed by atoms with Gasteiger partial charge in [-0.1, -0.05) is 36.4 Å². The first-order valence-corrected chi connectivity index (χ1v) is 10.3. The van der Waals surface area contributed by atoms with Gasteiger partial charge in [-0.2, -0.15) is 0 Å². The number of pyridine rings is 1. The number of H-pyrrole nitrogens is 1. The number of aromatic nitrogens is 2. The molecule has 5 heteroatoms. The number of hydrogen-bond donors (Lipinski definition) is 1. The molecule has 2 heterocycles. The average molecular weight is 422 g/mol. The zero-order valence-electron chi connectivity index (χ0n) is 17.4. The molecule has 4 aromatic rings. The van der Waals surface area contributed by atoms with Gasteiger partial charge in [-0.15, -0.1) is 0 Å². The largest absolute Gasteiger partial charge is 0.487 e. The van der Waals surface area contributed by atoms with Crippen LogP contribution < -0.4 is 4.74 Å². The van der Waals surface area contributed by atoms with Crippen LogP contribution in [0.1, 0.15) is 23.2 Å². The first-order valence-electron chi connectivity index (χ1n) is 10.3. The first kappa shape index (κ1) is 21.0. The van der Waals surface area contributed by atoms with Crippen molar-refractivity contribution in [2.24, 2.45) is 0 Å². The number of ether oxygens (including phenoxy) is 1. The molecule has 2 aromatic carbocycles. The van der Waals surface area contributed by atoms with Crippen molar-refractivity contribution in [3.05, 3.63) is 108 Å². The summed E-state index contributed by atoms with van der Waals surface area (Å²) in [6.07, 6.45) is 9.75. The van der Waals surface area contributed by atoms with Gasteiger partial charge in [-0.3, -0.25) is 14.6 Å². The maximum absolute atomic E-state index is 12.1. The van der Waals surface area contributed by atoms with Crippen LogP contribution in [0.25, 0.3) is 23.1 Å². The van der Waals surface area contributed by atoms with Crippen LogP contribution in [-0.4, -0.2) is 21.5 Å². The van der Waals surface area contributed by atoms with Crippen LogP contribution in [0.5, 0.6) is 5.75 Å². The van der Waals surface area contributed by atoms with E-state index in [0.29, 0.717) is 6.61 Å². The van der Waals surface area contributed by atoms with Crippen LogP contribution in [0, 0.1) is 0 Å². The predicted molar refractivity (Wildman–Crippen MR) is 126 cm³/mol. The van der Waals surface area contributed by atoms with E-state index in [9.17, 15) is 9.59 Å². The molecular weight excluding hydrogens is 400 g/mol. The van der Waals surface area contributed by atoms with Gasteiger partial charge < -0.3 is 9.72 Å². The first-order chi connectivity index (χ1) is 15.7. The Morgan fingerprint density at radius 2 is 1.62 bits per heavy atom. The van der Waals surface area contributed by atoms with E-state index in [2.05, 4.69) is 9.97 Å². The second kappa shape index (κ2) is 10.2. The van der Waals surface area contributed by atoms with Crippen LogP contribution in [0.15, 0.2) is 91.3 Å². The van der Waals surface area contributed by atoms with Crippen molar-refractivity contribution in [1.82, 2.24) is 9.97 Å². The minimum Gasteiger partial charge on any atom is -0.487 e. The molecule has 5 nitrogen and oxygen atoms in total. The molecule has 0 fully saturated rings. The quantitative estimate of drug-likeness (QED) is 0.290. The monoisotopic (exact) mass is 422 g/mol. The lowest BCUT2D eigenvalue weighted by Gasteiger charge is -2.05. The lowest BCUT2D eigenvalue weighted by atomic mass is 10.1. The number of ketones is 2. The molecule has 0 saturated carbocycles. The van der Waals surface area contributed by atoms with Gasteiger partial charge in [0.1, 0.15) is 12.4 Å². The third-order valence-corrected chi connectivity index (χ3v) is 4.84. The standard InChI is InChI=1S/C27H22N2O3/c30-24(18-25(31)10-5-21-8-13-27-22(17-21)14-16-29-27)9-4-20-6-11-26(12-7-20)32-19-23-3-1-2-15-28-23/h1-17,29H,18-19H2/b9-4+,10-5+. The van der Waals surface area contributed by atoms with Gasteiger partial charge in [0, 0.05) is 17.9 Å². The second-order valence-electron chi connectivity index (χ2n) is 7.28. The van der Waals surface area contributed by atoms with Crippen molar-refractivity contribution >= 4 is 34.6 Å². The summed E-state index contributed by atoms with van der Waals surface area (Å²) < 4.78 is 5.70. The van der Waals surface area contributed by atoms with E-state index in [1.807, 2.05) is 72.9 Å².